The van der Waals surface area contributed by atoms with Crippen molar-refractivity contribution in [2.24, 2.45) is 5.92 Å². The number of carbonyl (C=O) groups is 1. The zero-order chi connectivity index (χ0) is 22.4. The maximum absolute atomic E-state index is 13.0. The van der Waals surface area contributed by atoms with Crippen LogP contribution in [-0.4, -0.2) is 38.1 Å². The molecule has 0 radical (unpaired) electrons. The summed E-state index contributed by atoms with van der Waals surface area (Å²) in [6, 6.07) is 20.4. The van der Waals surface area contributed by atoms with Gasteiger partial charge in [-0.2, -0.15) is 4.72 Å². The van der Waals surface area contributed by atoms with Crippen LogP contribution in [0.1, 0.15) is 19.4 Å². The summed E-state index contributed by atoms with van der Waals surface area (Å²) in [5.74, 6) is -0.749. The summed E-state index contributed by atoms with van der Waals surface area (Å²) in [4.78, 5) is 13.0. The minimum Gasteiger partial charge on any atom is -0.394 e. The number of aliphatic hydroxyl groups excluding tert-OH is 1. The van der Waals surface area contributed by atoms with Gasteiger partial charge in [-0.1, -0.05) is 74.5 Å². The lowest BCUT2D eigenvalue weighted by atomic mass is 10.0. The minimum absolute atomic E-state index is 0.104. The first kappa shape index (κ1) is 22.9. The summed E-state index contributed by atoms with van der Waals surface area (Å²) in [5, 5.41) is 14.2. The van der Waals surface area contributed by atoms with E-state index in [1.165, 1.54) is 6.07 Å². The van der Waals surface area contributed by atoms with Crippen molar-refractivity contribution in [3.05, 3.63) is 78.4 Å². The van der Waals surface area contributed by atoms with Crippen molar-refractivity contribution in [3.63, 3.8) is 0 Å². The third-order valence-electron chi connectivity index (χ3n) is 5.15. The van der Waals surface area contributed by atoms with E-state index in [1.54, 1.807) is 26.0 Å². The molecule has 0 aliphatic rings. The van der Waals surface area contributed by atoms with E-state index in [0.29, 0.717) is 6.42 Å². The fourth-order valence-electron chi connectivity index (χ4n) is 3.41. The number of benzene rings is 3. The van der Waals surface area contributed by atoms with Gasteiger partial charge in [0.1, 0.15) is 6.04 Å². The van der Waals surface area contributed by atoms with Crippen LogP contribution < -0.4 is 10.0 Å². The summed E-state index contributed by atoms with van der Waals surface area (Å²) >= 11 is 0. The quantitative estimate of drug-likeness (QED) is 0.477. The first-order chi connectivity index (χ1) is 14.8. The fourth-order valence-corrected chi connectivity index (χ4v) is 4.79. The maximum Gasteiger partial charge on any atom is 0.241 e. The Morgan fingerprint density at radius 1 is 0.935 bits per heavy atom. The molecule has 164 valence electrons. The Morgan fingerprint density at radius 2 is 1.58 bits per heavy atom. The average molecular weight is 441 g/mol. The van der Waals surface area contributed by atoms with Gasteiger partial charge < -0.3 is 10.4 Å². The summed E-state index contributed by atoms with van der Waals surface area (Å²) in [5.41, 5.74) is 0.972. The van der Waals surface area contributed by atoms with E-state index >= 15 is 0 Å². The Balaban J connectivity index is 1.76. The number of hydrogen-bond donors (Lipinski definition) is 3. The number of carbonyl (C=O) groups excluding carboxylic acids is 1. The molecule has 0 fully saturated rings. The highest BCUT2D eigenvalue weighted by atomic mass is 32.2. The van der Waals surface area contributed by atoms with Gasteiger partial charge in [0.25, 0.3) is 0 Å². The second-order valence-electron chi connectivity index (χ2n) is 7.93. The molecule has 31 heavy (non-hydrogen) atoms. The van der Waals surface area contributed by atoms with Crippen LogP contribution in [-0.2, 0) is 21.2 Å². The van der Waals surface area contributed by atoms with Crippen molar-refractivity contribution in [3.8, 4) is 0 Å². The van der Waals surface area contributed by atoms with Crippen molar-refractivity contribution in [1.29, 1.82) is 0 Å². The molecule has 2 atom stereocenters. The number of rotatable bonds is 9. The summed E-state index contributed by atoms with van der Waals surface area (Å²) in [7, 11) is -3.92. The highest BCUT2D eigenvalue weighted by Gasteiger charge is 2.29. The summed E-state index contributed by atoms with van der Waals surface area (Å²) < 4.78 is 28.5. The van der Waals surface area contributed by atoms with Gasteiger partial charge in [0.05, 0.1) is 17.5 Å². The lowest BCUT2D eigenvalue weighted by Crippen LogP contribution is -2.53. The second kappa shape index (κ2) is 10.0. The van der Waals surface area contributed by atoms with Crippen molar-refractivity contribution in [1.82, 2.24) is 10.0 Å². The van der Waals surface area contributed by atoms with E-state index < -0.39 is 28.0 Å². The highest BCUT2D eigenvalue weighted by molar-refractivity contribution is 7.89. The zero-order valence-corrected chi connectivity index (χ0v) is 18.5. The molecular weight excluding hydrogens is 412 g/mol. The molecule has 3 aromatic rings. The van der Waals surface area contributed by atoms with Gasteiger partial charge in [-0.05, 0) is 40.8 Å². The van der Waals surface area contributed by atoms with Crippen LogP contribution in [0.2, 0.25) is 0 Å². The molecule has 0 heterocycles. The third-order valence-corrected chi connectivity index (χ3v) is 6.59. The van der Waals surface area contributed by atoms with E-state index in [-0.39, 0.29) is 17.4 Å². The van der Waals surface area contributed by atoms with E-state index in [0.717, 1.165) is 16.3 Å². The Bertz CT molecular complexity index is 1130. The van der Waals surface area contributed by atoms with E-state index in [1.807, 2.05) is 54.6 Å². The smallest absolute Gasteiger partial charge is 0.241 e. The average Bonchev–Trinajstić information content (AvgIpc) is 2.77. The van der Waals surface area contributed by atoms with Gasteiger partial charge >= 0.3 is 0 Å². The molecule has 0 aliphatic carbocycles. The van der Waals surface area contributed by atoms with Crippen LogP contribution in [0, 0.1) is 5.92 Å². The molecule has 0 spiro atoms. The van der Waals surface area contributed by atoms with Crippen molar-refractivity contribution in [2.75, 3.05) is 6.61 Å². The summed E-state index contributed by atoms with van der Waals surface area (Å²) in [6.45, 7) is 3.31. The number of hydrogen-bond acceptors (Lipinski definition) is 4. The molecule has 0 unspecified atom stereocenters. The van der Waals surface area contributed by atoms with E-state index in [4.69, 9.17) is 0 Å². The van der Waals surface area contributed by atoms with Crippen LogP contribution in [0.15, 0.2) is 77.7 Å². The Hall–Kier alpha value is -2.74. The lowest BCUT2D eigenvalue weighted by Gasteiger charge is -2.25. The Kier molecular flexibility index (Phi) is 7.43. The fraction of sp³-hybridized carbons (Fsp3) is 0.292. The van der Waals surface area contributed by atoms with Crippen LogP contribution >= 0.6 is 0 Å². The topological polar surface area (TPSA) is 95.5 Å². The molecule has 3 rings (SSSR count). The molecule has 0 saturated heterocycles. The van der Waals surface area contributed by atoms with Crippen LogP contribution in [0.4, 0.5) is 0 Å². The normalized spacial score (nSPS) is 13.8. The van der Waals surface area contributed by atoms with Gasteiger partial charge in [0.2, 0.25) is 15.9 Å². The van der Waals surface area contributed by atoms with Crippen molar-refractivity contribution < 1.29 is 18.3 Å². The first-order valence-corrected chi connectivity index (χ1v) is 11.7. The minimum atomic E-state index is -3.92. The van der Waals surface area contributed by atoms with Crippen molar-refractivity contribution >= 4 is 26.7 Å². The van der Waals surface area contributed by atoms with Crippen LogP contribution in [0.5, 0.6) is 0 Å². The molecule has 0 saturated carbocycles. The number of sulfonamides is 1. The van der Waals surface area contributed by atoms with E-state index in [9.17, 15) is 18.3 Å². The molecular formula is C24H28N2O4S. The monoisotopic (exact) mass is 440 g/mol. The van der Waals surface area contributed by atoms with Crippen LogP contribution in [0.25, 0.3) is 10.8 Å². The summed E-state index contributed by atoms with van der Waals surface area (Å²) in [6.07, 6.45) is 0.450. The number of amides is 1. The van der Waals surface area contributed by atoms with Gasteiger partial charge in [0, 0.05) is 0 Å². The highest BCUT2D eigenvalue weighted by Crippen LogP contribution is 2.20. The molecule has 7 heteroatoms. The zero-order valence-electron chi connectivity index (χ0n) is 17.7. The predicted octanol–water partition coefficient (Wildman–Crippen LogP) is 2.86. The molecule has 6 nitrogen and oxygen atoms in total. The Labute approximate surface area is 183 Å². The van der Waals surface area contributed by atoms with Gasteiger partial charge in [-0.15, -0.1) is 0 Å². The second-order valence-corrected chi connectivity index (χ2v) is 9.64. The molecule has 3 N–H and O–H groups in total. The van der Waals surface area contributed by atoms with Gasteiger partial charge in [-0.3, -0.25) is 4.79 Å². The van der Waals surface area contributed by atoms with Crippen molar-refractivity contribution in [2.45, 2.75) is 37.2 Å². The Morgan fingerprint density at radius 3 is 2.23 bits per heavy atom. The lowest BCUT2D eigenvalue weighted by molar-refractivity contribution is -0.124. The van der Waals surface area contributed by atoms with Gasteiger partial charge in [-0.25, -0.2) is 8.42 Å². The maximum atomic E-state index is 13.0. The number of fused-ring (bicyclic) bond motifs is 1. The molecule has 0 aliphatic heterocycles. The first-order valence-electron chi connectivity index (χ1n) is 10.3. The van der Waals surface area contributed by atoms with Crippen LogP contribution in [0.3, 0.4) is 0 Å². The van der Waals surface area contributed by atoms with Gasteiger partial charge in [0.15, 0.2) is 0 Å². The standard InChI is InChI=1S/C24H28N2O4S/c1-17(2)23(24(28)25-21(16-27)14-18-8-4-3-5-9-18)26-31(29,30)22-13-12-19-10-6-7-11-20(19)15-22/h3-13,15,17,21,23,26-27H,14,16H2,1-2H3,(H,25,28)/t21-,23-/m0/s1. The number of aliphatic hydroxyl groups is 1. The van der Waals surface area contributed by atoms with E-state index in [2.05, 4.69) is 10.0 Å². The predicted molar refractivity (Wildman–Crippen MR) is 122 cm³/mol. The largest absolute Gasteiger partial charge is 0.394 e. The number of nitrogens with one attached hydrogen (secondary N) is 2. The third kappa shape index (κ3) is 5.91. The molecule has 0 bridgehead atoms. The molecule has 0 aromatic heterocycles. The molecule has 3 aromatic carbocycles. The molecule has 1 amide bonds. The SMILES string of the molecule is CC(C)[C@H](NS(=O)(=O)c1ccc2ccccc2c1)C(=O)N[C@H](CO)Cc1ccccc1.